The van der Waals surface area contributed by atoms with Gasteiger partial charge in [-0.25, -0.2) is 4.98 Å². The normalized spacial score (nSPS) is 25.3. The second-order valence-corrected chi connectivity index (χ2v) is 7.13. The fourth-order valence-electron chi connectivity index (χ4n) is 3.87. The third-order valence-electron chi connectivity index (χ3n) is 5.16. The van der Waals surface area contributed by atoms with Gasteiger partial charge in [0, 0.05) is 50.8 Å². The van der Waals surface area contributed by atoms with Crippen molar-refractivity contribution < 1.29 is 4.79 Å². The zero-order chi connectivity index (χ0) is 16.4. The van der Waals surface area contributed by atoms with Crippen molar-refractivity contribution in [3.63, 3.8) is 0 Å². The van der Waals surface area contributed by atoms with E-state index in [4.69, 9.17) is 0 Å². The number of piperidine rings is 2. The molecule has 1 aromatic heterocycles. The Balaban J connectivity index is 1.78. The molecule has 0 unspecified atom stereocenters. The Bertz CT molecular complexity index is 576. The highest BCUT2D eigenvalue weighted by atomic mass is 16.2. The molecule has 1 atom stereocenters. The van der Waals surface area contributed by atoms with Crippen molar-refractivity contribution in [3.8, 4) is 0 Å². The highest BCUT2D eigenvalue weighted by Gasteiger charge is 2.42. The molecule has 0 aromatic carbocycles. The van der Waals surface area contributed by atoms with Gasteiger partial charge in [0.25, 0.3) is 0 Å². The molecule has 2 aliphatic rings. The lowest BCUT2D eigenvalue weighted by Crippen LogP contribution is -2.55. The van der Waals surface area contributed by atoms with Crippen LogP contribution < -0.4 is 10.2 Å². The Morgan fingerprint density at radius 2 is 2.13 bits per heavy atom. The summed E-state index contributed by atoms with van der Waals surface area (Å²) in [6.07, 6.45) is 5.78. The lowest BCUT2D eigenvalue weighted by molar-refractivity contribution is -0.140. The van der Waals surface area contributed by atoms with Crippen molar-refractivity contribution in [1.82, 2.24) is 14.9 Å². The molecule has 0 aliphatic carbocycles. The van der Waals surface area contributed by atoms with Gasteiger partial charge in [-0.3, -0.25) is 4.79 Å². The summed E-state index contributed by atoms with van der Waals surface area (Å²) in [4.78, 5) is 25.6. The van der Waals surface area contributed by atoms with Crippen molar-refractivity contribution in [2.45, 2.75) is 45.6 Å². The van der Waals surface area contributed by atoms with Crippen molar-refractivity contribution in [2.24, 2.45) is 5.41 Å². The molecule has 1 amide bonds. The van der Waals surface area contributed by atoms with Crippen LogP contribution >= 0.6 is 0 Å². The van der Waals surface area contributed by atoms with Gasteiger partial charge in [-0.15, -0.1) is 0 Å². The fourth-order valence-corrected chi connectivity index (χ4v) is 3.87. The molecule has 1 spiro atoms. The lowest BCUT2D eigenvalue weighted by Gasteiger charge is -2.49. The molecule has 1 aromatic rings. The monoisotopic (exact) mass is 317 g/mol. The third-order valence-corrected chi connectivity index (χ3v) is 5.16. The molecule has 0 bridgehead atoms. The number of aromatic nitrogens is 2. The van der Waals surface area contributed by atoms with E-state index in [0.717, 1.165) is 44.2 Å². The van der Waals surface area contributed by atoms with Crippen LogP contribution in [0.15, 0.2) is 12.3 Å². The first-order chi connectivity index (χ1) is 11.0. The maximum absolute atomic E-state index is 12.2. The molecule has 2 aliphatic heterocycles. The van der Waals surface area contributed by atoms with Gasteiger partial charge in [-0.1, -0.05) is 0 Å². The number of amides is 1. The minimum absolute atomic E-state index is 0.190. The van der Waals surface area contributed by atoms with E-state index in [2.05, 4.69) is 38.9 Å². The van der Waals surface area contributed by atoms with Crippen molar-refractivity contribution in [2.75, 3.05) is 36.9 Å². The summed E-state index contributed by atoms with van der Waals surface area (Å²) < 4.78 is 0. The summed E-state index contributed by atoms with van der Waals surface area (Å²) in [6.45, 7) is 7.01. The SMILES string of the molecule is CNc1ccnc(N2CCC[C@@]3(CCC(=O)N(C(C)C)C3)C2)n1. The summed E-state index contributed by atoms with van der Waals surface area (Å²) in [7, 11) is 1.87. The third kappa shape index (κ3) is 3.26. The molecular weight excluding hydrogens is 290 g/mol. The number of likely N-dealkylation sites (tertiary alicyclic amines) is 1. The molecule has 3 heterocycles. The van der Waals surface area contributed by atoms with E-state index in [1.807, 2.05) is 13.1 Å². The van der Waals surface area contributed by atoms with Crippen molar-refractivity contribution in [1.29, 1.82) is 0 Å². The molecule has 126 valence electrons. The van der Waals surface area contributed by atoms with Crippen LogP contribution in [-0.4, -0.2) is 53.5 Å². The van der Waals surface area contributed by atoms with Gasteiger partial charge >= 0.3 is 0 Å². The molecule has 1 N–H and O–H groups in total. The van der Waals surface area contributed by atoms with Crippen LogP contribution in [-0.2, 0) is 4.79 Å². The molecule has 23 heavy (non-hydrogen) atoms. The zero-order valence-electron chi connectivity index (χ0n) is 14.4. The van der Waals surface area contributed by atoms with E-state index in [1.165, 1.54) is 6.42 Å². The second kappa shape index (κ2) is 6.34. The second-order valence-electron chi connectivity index (χ2n) is 7.13. The van der Waals surface area contributed by atoms with Crippen LogP contribution in [0, 0.1) is 5.41 Å². The van der Waals surface area contributed by atoms with Crippen LogP contribution in [0.25, 0.3) is 0 Å². The Hall–Kier alpha value is -1.85. The van der Waals surface area contributed by atoms with E-state index in [0.29, 0.717) is 12.3 Å². The highest BCUT2D eigenvalue weighted by molar-refractivity contribution is 5.77. The number of anilines is 2. The summed E-state index contributed by atoms with van der Waals surface area (Å²) in [5, 5.41) is 3.07. The first kappa shape index (κ1) is 16.0. The molecule has 2 saturated heterocycles. The minimum Gasteiger partial charge on any atom is -0.373 e. The Kier molecular flexibility index (Phi) is 4.41. The average molecular weight is 317 g/mol. The van der Waals surface area contributed by atoms with Crippen LogP contribution in [0.1, 0.15) is 39.5 Å². The quantitative estimate of drug-likeness (QED) is 0.925. The average Bonchev–Trinajstić information content (AvgIpc) is 2.57. The van der Waals surface area contributed by atoms with E-state index in [9.17, 15) is 4.79 Å². The van der Waals surface area contributed by atoms with E-state index < -0.39 is 0 Å². The van der Waals surface area contributed by atoms with Crippen LogP contribution in [0.5, 0.6) is 0 Å². The maximum atomic E-state index is 12.2. The largest absolute Gasteiger partial charge is 0.373 e. The van der Waals surface area contributed by atoms with Gasteiger partial charge in [-0.2, -0.15) is 4.98 Å². The number of hydrogen-bond donors (Lipinski definition) is 1. The lowest BCUT2D eigenvalue weighted by atomic mass is 9.73. The number of nitrogens with zero attached hydrogens (tertiary/aromatic N) is 4. The Morgan fingerprint density at radius 3 is 2.87 bits per heavy atom. The number of nitrogens with one attached hydrogen (secondary N) is 1. The number of carbonyl (C=O) groups excluding carboxylic acids is 1. The van der Waals surface area contributed by atoms with Crippen molar-refractivity contribution >= 4 is 17.7 Å². The van der Waals surface area contributed by atoms with Gasteiger partial charge in [0.1, 0.15) is 5.82 Å². The van der Waals surface area contributed by atoms with E-state index in [1.54, 1.807) is 6.20 Å². The predicted octanol–water partition coefficient (Wildman–Crippen LogP) is 2.14. The summed E-state index contributed by atoms with van der Waals surface area (Å²) in [5.41, 5.74) is 0.190. The zero-order valence-corrected chi connectivity index (χ0v) is 14.4. The van der Waals surface area contributed by atoms with Gasteiger partial charge in [0.05, 0.1) is 0 Å². The number of carbonyl (C=O) groups is 1. The summed E-state index contributed by atoms with van der Waals surface area (Å²) >= 11 is 0. The fraction of sp³-hybridized carbons (Fsp3) is 0.706. The first-order valence-electron chi connectivity index (χ1n) is 8.58. The van der Waals surface area contributed by atoms with Crippen LogP contribution in [0.2, 0.25) is 0 Å². The minimum atomic E-state index is 0.190. The summed E-state index contributed by atoms with van der Waals surface area (Å²) in [5.74, 6) is 1.94. The molecule has 6 heteroatoms. The number of rotatable bonds is 3. The van der Waals surface area contributed by atoms with Crippen LogP contribution in [0.3, 0.4) is 0 Å². The molecular formula is C17H27N5O. The standard InChI is InChI=1S/C17H27N5O/c1-13(2)22-12-17(8-5-15(22)23)7-4-10-21(11-17)16-19-9-6-14(18-3)20-16/h6,9,13H,4-5,7-8,10-12H2,1-3H3,(H,18,19,20)/t17-/m1/s1. The summed E-state index contributed by atoms with van der Waals surface area (Å²) in [6, 6.07) is 2.15. The van der Waals surface area contributed by atoms with E-state index >= 15 is 0 Å². The molecule has 0 radical (unpaired) electrons. The molecule has 0 saturated carbocycles. The van der Waals surface area contributed by atoms with E-state index in [-0.39, 0.29) is 11.5 Å². The van der Waals surface area contributed by atoms with Crippen LogP contribution in [0.4, 0.5) is 11.8 Å². The van der Waals surface area contributed by atoms with Gasteiger partial charge in [0.15, 0.2) is 0 Å². The Morgan fingerprint density at radius 1 is 1.30 bits per heavy atom. The van der Waals surface area contributed by atoms with Crippen molar-refractivity contribution in [3.05, 3.63) is 12.3 Å². The molecule has 2 fully saturated rings. The predicted molar refractivity (Wildman–Crippen MR) is 91.5 cm³/mol. The van der Waals surface area contributed by atoms with Gasteiger partial charge in [0.2, 0.25) is 11.9 Å². The molecule has 3 rings (SSSR count). The highest BCUT2D eigenvalue weighted by Crippen LogP contribution is 2.40. The van der Waals surface area contributed by atoms with Gasteiger partial charge < -0.3 is 15.1 Å². The maximum Gasteiger partial charge on any atom is 0.227 e. The molecule has 6 nitrogen and oxygen atoms in total. The number of hydrogen-bond acceptors (Lipinski definition) is 5. The topological polar surface area (TPSA) is 61.4 Å². The Labute approximate surface area is 138 Å². The first-order valence-corrected chi connectivity index (χ1v) is 8.58. The van der Waals surface area contributed by atoms with Gasteiger partial charge in [-0.05, 0) is 39.2 Å². The smallest absolute Gasteiger partial charge is 0.227 e.